The number of methoxy groups -OCH3 is 1. The molecule has 4 nitrogen and oxygen atoms in total. The first-order valence-electron chi connectivity index (χ1n) is 3.99. The summed E-state index contributed by atoms with van der Waals surface area (Å²) in [4.78, 5) is 9.70. The molecule has 0 aromatic heterocycles. The minimum Gasteiger partial charge on any atom is -0.370 e. The average molecular weight is 242 g/mol. The van der Waals surface area contributed by atoms with E-state index < -0.39 is 0 Å². The van der Waals surface area contributed by atoms with E-state index in [1.54, 1.807) is 35.7 Å². The Hall–Kier alpha value is 0.0900. The molecule has 0 aliphatic carbocycles. The Labute approximate surface area is 95.3 Å². The van der Waals surface area contributed by atoms with Crippen LogP contribution in [-0.4, -0.2) is 46.4 Å². The Morgan fingerprint density at radius 2 is 1.64 bits per heavy atom. The fraction of sp³-hybridized carbons (Fsp3) is 0.875. The maximum Gasteiger partial charge on any atom is 0.216 e. The minimum atomic E-state index is 0.00463. The van der Waals surface area contributed by atoms with E-state index in [0.717, 1.165) is 0 Å². The standard InChI is InChI=1S/C3H9NO.C3H7NO.C2H6S2/c1-4-3-5-2;1-3(5)4-2;1-3-4-2/h4H,3H2,1-2H3;1-2H3,(H,4,5);1-2H3. The van der Waals surface area contributed by atoms with Gasteiger partial charge in [-0.3, -0.25) is 10.1 Å². The van der Waals surface area contributed by atoms with E-state index >= 15 is 0 Å². The first-order valence-corrected chi connectivity index (χ1v) is 6.95. The van der Waals surface area contributed by atoms with Crippen molar-refractivity contribution < 1.29 is 9.53 Å². The highest BCUT2D eigenvalue weighted by Gasteiger charge is 1.72. The van der Waals surface area contributed by atoms with E-state index in [4.69, 9.17) is 0 Å². The molecule has 2 N–H and O–H groups in total. The van der Waals surface area contributed by atoms with Crippen molar-refractivity contribution in [1.82, 2.24) is 10.6 Å². The van der Waals surface area contributed by atoms with Crippen LogP contribution in [0.5, 0.6) is 0 Å². The predicted octanol–water partition coefficient (Wildman–Crippen LogP) is 1.19. The van der Waals surface area contributed by atoms with Gasteiger partial charge in [-0.2, -0.15) is 0 Å². The van der Waals surface area contributed by atoms with Gasteiger partial charge in [0.1, 0.15) is 0 Å². The molecule has 88 valence electrons. The van der Waals surface area contributed by atoms with E-state index in [0.29, 0.717) is 6.73 Å². The summed E-state index contributed by atoms with van der Waals surface area (Å²) in [5, 5.41) is 5.18. The average Bonchev–Trinajstić information content (AvgIpc) is 2.20. The normalized spacial score (nSPS) is 7.57. The first-order chi connectivity index (χ1) is 6.60. The number of amides is 1. The van der Waals surface area contributed by atoms with Gasteiger partial charge in [-0.25, -0.2) is 0 Å². The summed E-state index contributed by atoms with van der Waals surface area (Å²) >= 11 is 0. The molecular formula is C8H22N2O2S2. The SMILES string of the molecule is CNC(C)=O.CNCOC.CSSC. The van der Waals surface area contributed by atoms with Crippen molar-refractivity contribution in [1.29, 1.82) is 0 Å². The van der Waals surface area contributed by atoms with E-state index in [2.05, 4.69) is 27.9 Å². The minimum absolute atomic E-state index is 0.00463. The summed E-state index contributed by atoms with van der Waals surface area (Å²) in [7, 11) is 8.63. The Bertz CT molecular complexity index is 101. The lowest BCUT2D eigenvalue weighted by atomic mass is 10.7. The number of carbonyl (C=O) groups is 1. The lowest BCUT2D eigenvalue weighted by molar-refractivity contribution is -0.118. The molecule has 0 saturated carbocycles. The predicted molar refractivity (Wildman–Crippen MR) is 67.7 cm³/mol. The highest BCUT2D eigenvalue weighted by Crippen LogP contribution is 2.09. The molecule has 0 aromatic rings. The summed E-state index contributed by atoms with van der Waals surface area (Å²) in [6, 6.07) is 0. The third-order valence-electron chi connectivity index (χ3n) is 0.807. The Morgan fingerprint density at radius 1 is 1.29 bits per heavy atom. The van der Waals surface area contributed by atoms with Gasteiger partial charge < -0.3 is 10.1 Å². The molecule has 0 rings (SSSR count). The van der Waals surface area contributed by atoms with Crippen molar-refractivity contribution in [3.63, 3.8) is 0 Å². The summed E-state index contributed by atoms with van der Waals surface area (Å²) in [5.41, 5.74) is 0. The molecule has 14 heavy (non-hydrogen) atoms. The molecule has 0 unspecified atom stereocenters. The van der Waals surface area contributed by atoms with Crippen molar-refractivity contribution in [2.45, 2.75) is 6.92 Å². The lowest BCUT2D eigenvalue weighted by Gasteiger charge is -1.88. The first kappa shape index (κ1) is 19.6. The van der Waals surface area contributed by atoms with Crippen molar-refractivity contribution in [2.24, 2.45) is 0 Å². The molecule has 0 atom stereocenters. The molecule has 0 fully saturated rings. The highest BCUT2D eigenvalue weighted by atomic mass is 33.1. The third-order valence-corrected chi connectivity index (χ3v) is 2.14. The maximum atomic E-state index is 9.70. The second-order valence-corrected chi connectivity index (χ2v) is 4.59. The van der Waals surface area contributed by atoms with Crippen LogP contribution in [0.3, 0.4) is 0 Å². The second-order valence-electron chi connectivity index (χ2n) is 1.93. The Balaban J connectivity index is -0.000000131. The number of hydrogen-bond acceptors (Lipinski definition) is 5. The third kappa shape index (κ3) is 57.4. The van der Waals surface area contributed by atoms with E-state index in [1.165, 1.54) is 6.92 Å². The molecule has 1 amide bonds. The van der Waals surface area contributed by atoms with Crippen LogP contribution in [-0.2, 0) is 9.53 Å². The zero-order valence-electron chi connectivity index (χ0n) is 9.84. The van der Waals surface area contributed by atoms with E-state index in [-0.39, 0.29) is 5.91 Å². The summed E-state index contributed by atoms with van der Waals surface area (Å²) < 4.78 is 4.58. The van der Waals surface area contributed by atoms with Crippen LogP contribution >= 0.6 is 21.6 Å². The molecule has 0 radical (unpaired) electrons. The zero-order chi connectivity index (χ0) is 11.8. The van der Waals surface area contributed by atoms with Gasteiger partial charge in [-0.15, -0.1) is 0 Å². The smallest absolute Gasteiger partial charge is 0.216 e. The lowest BCUT2D eigenvalue weighted by Crippen LogP contribution is -2.11. The quantitative estimate of drug-likeness (QED) is 0.575. The van der Waals surface area contributed by atoms with Crippen LogP contribution in [0, 0.1) is 0 Å². The van der Waals surface area contributed by atoms with Gasteiger partial charge in [0.2, 0.25) is 5.91 Å². The van der Waals surface area contributed by atoms with Gasteiger partial charge in [0, 0.05) is 21.1 Å². The molecule has 0 spiro atoms. The van der Waals surface area contributed by atoms with E-state index in [1.807, 2.05) is 7.05 Å². The zero-order valence-corrected chi connectivity index (χ0v) is 11.5. The van der Waals surface area contributed by atoms with Gasteiger partial charge in [-0.05, 0) is 19.6 Å². The van der Waals surface area contributed by atoms with Crippen molar-refractivity contribution >= 4 is 27.5 Å². The van der Waals surface area contributed by atoms with Crippen LogP contribution in [0.15, 0.2) is 0 Å². The number of hydrogen-bond donors (Lipinski definition) is 2. The van der Waals surface area contributed by atoms with Crippen LogP contribution in [0.25, 0.3) is 0 Å². The second kappa shape index (κ2) is 23.2. The van der Waals surface area contributed by atoms with Crippen molar-refractivity contribution in [3.8, 4) is 0 Å². The fourth-order valence-electron chi connectivity index (χ4n) is 0.144. The molecule has 0 aromatic carbocycles. The molecule has 0 aliphatic rings. The maximum absolute atomic E-state index is 9.70. The van der Waals surface area contributed by atoms with Gasteiger partial charge in [-0.1, -0.05) is 21.6 Å². The van der Waals surface area contributed by atoms with Crippen LogP contribution in [0.2, 0.25) is 0 Å². The number of rotatable bonds is 3. The van der Waals surface area contributed by atoms with Crippen LogP contribution < -0.4 is 10.6 Å². The van der Waals surface area contributed by atoms with Crippen molar-refractivity contribution in [2.75, 3.05) is 40.4 Å². The molecule has 0 heterocycles. The molecule has 0 aliphatic heterocycles. The molecule has 6 heteroatoms. The van der Waals surface area contributed by atoms with Gasteiger partial charge in [0.05, 0.1) is 6.73 Å². The fourth-order valence-corrected chi connectivity index (χ4v) is 0.144. The number of nitrogens with one attached hydrogen (secondary N) is 2. The van der Waals surface area contributed by atoms with Gasteiger partial charge >= 0.3 is 0 Å². The monoisotopic (exact) mass is 242 g/mol. The molecular weight excluding hydrogens is 220 g/mol. The molecule has 0 bridgehead atoms. The number of ether oxygens (including phenoxy) is 1. The van der Waals surface area contributed by atoms with Crippen LogP contribution in [0.4, 0.5) is 0 Å². The topological polar surface area (TPSA) is 50.4 Å². The van der Waals surface area contributed by atoms with Gasteiger partial charge in [0.25, 0.3) is 0 Å². The largest absolute Gasteiger partial charge is 0.370 e. The van der Waals surface area contributed by atoms with E-state index in [9.17, 15) is 4.79 Å². The highest BCUT2D eigenvalue weighted by molar-refractivity contribution is 8.76. The summed E-state index contributed by atoms with van der Waals surface area (Å²) in [5.74, 6) is 0.00463. The Morgan fingerprint density at radius 3 is 1.64 bits per heavy atom. The summed E-state index contributed by atoms with van der Waals surface area (Å²) in [6.07, 6.45) is 4.12. The number of carbonyl (C=O) groups excluding carboxylic acids is 1. The molecule has 0 saturated heterocycles. The Kier molecular flexibility index (Phi) is 32.5. The summed E-state index contributed by atoms with van der Waals surface area (Å²) in [6.45, 7) is 2.11. The van der Waals surface area contributed by atoms with Crippen molar-refractivity contribution in [3.05, 3.63) is 0 Å². The van der Waals surface area contributed by atoms with Crippen LogP contribution in [0.1, 0.15) is 6.92 Å². The van der Waals surface area contributed by atoms with Gasteiger partial charge in [0.15, 0.2) is 0 Å².